The topological polar surface area (TPSA) is 26.3 Å². The Morgan fingerprint density at radius 3 is 2.40 bits per heavy atom. The average molecular weight is 359 g/mol. The van der Waals surface area contributed by atoms with Crippen molar-refractivity contribution in [3.63, 3.8) is 0 Å². The van der Waals surface area contributed by atoms with Crippen LogP contribution in [0.25, 0.3) is 0 Å². The molecule has 0 saturated carbocycles. The highest BCUT2D eigenvalue weighted by Crippen LogP contribution is 2.31. The summed E-state index contributed by atoms with van der Waals surface area (Å²) in [6.45, 7) is 8.45. The van der Waals surface area contributed by atoms with Crippen molar-refractivity contribution in [2.45, 2.75) is 57.1 Å². The molecule has 0 aliphatic heterocycles. The molecule has 25 heavy (non-hydrogen) atoms. The maximum absolute atomic E-state index is 11.6. The Labute approximate surface area is 157 Å². The van der Waals surface area contributed by atoms with Gasteiger partial charge in [-0.3, -0.25) is 0 Å². The Kier molecular flexibility index (Phi) is 10.0. The first-order chi connectivity index (χ1) is 11.9. The van der Waals surface area contributed by atoms with Crippen LogP contribution < -0.4 is 0 Å². The van der Waals surface area contributed by atoms with Crippen molar-refractivity contribution in [1.82, 2.24) is 0 Å². The molecule has 0 heterocycles. The second kappa shape index (κ2) is 11.8. The van der Waals surface area contributed by atoms with Crippen LogP contribution in [0.1, 0.15) is 47.0 Å². The molecule has 2 nitrogen and oxygen atoms in total. The first kappa shape index (κ1) is 21.3. The van der Waals surface area contributed by atoms with Crippen LogP contribution in [0.4, 0.5) is 0 Å². The van der Waals surface area contributed by atoms with Crippen molar-refractivity contribution in [1.29, 1.82) is 0 Å². The third-order valence-corrected chi connectivity index (χ3v) is 5.24. The van der Waals surface area contributed by atoms with Gasteiger partial charge in [-0.25, -0.2) is 4.79 Å². The fraction of sp³-hybridized carbons (Fsp3) is 0.409. The zero-order valence-corrected chi connectivity index (χ0v) is 16.9. The van der Waals surface area contributed by atoms with E-state index < -0.39 is 0 Å². The Bertz CT molecular complexity index is 623. The highest BCUT2D eigenvalue weighted by Gasteiger charge is 2.13. The molecule has 136 valence electrons. The lowest BCUT2D eigenvalue weighted by Gasteiger charge is -2.16. The molecule has 0 N–H and O–H groups in total. The molecular weight excluding hydrogens is 328 g/mol. The maximum atomic E-state index is 11.6. The average Bonchev–Trinajstić information content (AvgIpc) is 2.58. The number of hydrogen-bond acceptors (Lipinski definition) is 3. The second-order valence-electron chi connectivity index (χ2n) is 6.44. The van der Waals surface area contributed by atoms with Crippen molar-refractivity contribution in [2.24, 2.45) is 0 Å². The molecule has 1 rings (SSSR count). The lowest BCUT2D eigenvalue weighted by Crippen LogP contribution is -2.07. The van der Waals surface area contributed by atoms with Gasteiger partial charge in [-0.05, 0) is 59.1 Å². The molecule has 1 aromatic rings. The smallest absolute Gasteiger partial charge is 0.330 e. The molecule has 1 atom stereocenters. The van der Waals surface area contributed by atoms with Crippen LogP contribution in [0.3, 0.4) is 0 Å². The minimum absolute atomic E-state index is 0.222. The summed E-state index contributed by atoms with van der Waals surface area (Å²) in [5, 5.41) is 0.222. The number of rotatable bonds is 9. The molecule has 0 aliphatic carbocycles. The van der Waals surface area contributed by atoms with Crippen LogP contribution in [-0.2, 0) is 9.53 Å². The van der Waals surface area contributed by atoms with Crippen LogP contribution in [0.2, 0.25) is 0 Å². The second-order valence-corrected chi connectivity index (χ2v) is 7.71. The van der Waals surface area contributed by atoms with Gasteiger partial charge in [-0.2, -0.15) is 0 Å². The lowest BCUT2D eigenvalue weighted by molar-refractivity contribution is -0.134. The van der Waals surface area contributed by atoms with Crippen molar-refractivity contribution >= 4 is 17.7 Å². The first-order valence-corrected chi connectivity index (χ1v) is 9.57. The van der Waals surface area contributed by atoms with Gasteiger partial charge in [-0.15, -0.1) is 11.8 Å². The molecule has 0 fully saturated rings. The van der Waals surface area contributed by atoms with Gasteiger partial charge in [-0.1, -0.05) is 47.1 Å². The molecule has 3 heteroatoms. The third kappa shape index (κ3) is 9.35. The molecule has 0 spiro atoms. The molecule has 0 aliphatic rings. The fourth-order valence-electron chi connectivity index (χ4n) is 2.33. The van der Waals surface area contributed by atoms with Gasteiger partial charge < -0.3 is 4.74 Å². The summed E-state index contributed by atoms with van der Waals surface area (Å²) in [4.78, 5) is 12.8. The predicted molar refractivity (Wildman–Crippen MR) is 109 cm³/mol. The standard InChI is InChI=1S/C22H30O2S/c1-17(2)10-9-11-18(3)14-15-21(19(4)16-22(23)24-5)25-20-12-7-6-8-13-20/h6-8,10,12-14,16,21H,9,11,15H2,1-5H3/b18-14+,19-16-. The lowest BCUT2D eigenvalue weighted by atomic mass is 10.1. The number of allylic oxidation sites excluding steroid dienone is 4. The summed E-state index contributed by atoms with van der Waals surface area (Å²) in [6, 6.07) is 10.3. The number of methoxy groups -OCH3 is 1. The van der Waals surface area contributed by atoms with Crippen molar-refractivity contribution < 1.29 is 9.53 Å². The van der Waals surface area contributed by atoms with E-state index in [1.807, 2.05) is 25.1 Å². The number of benzene rings is 1. The highest BCUT2D eigenvalue weighted by molar-refractivity contribution is 8.00. The van der Waals surface area contributed by atoms with Gasteiger partial charge in [0.15, 0.2) is 0 Å². The summed E-state index contributed by atoms with van der Waals surface area (Å²) in [6.07, 6.45) is 9.24. The monoisotopic (exact) mass is 358 g/mol. The first-order valence-electron chi connectivity index (χ1n) is 8.69. The van der Waals surface area contributed by atoms with E-state index in [0.29, 0.717) is 0 Å². The Balaban J connectivity index is 2.81. The number of hydrogen-bond donors (Lipinski definition) is 0. The number of carbonyl (C=O) groups excluding carboxylic acids is 1. The van der Waals surface area contributed by atoms with Crippen LogP contribution in [0, 0.1) is 0 Å². The summed E-state index contributed by atoms with van der Waals surface area (Å²) in [7, 11) is 1.42. The van der Waals surface area contributed by atoms with Crippen LogP contribution in [0.5, 0.6) is 0 Å². The van der Waals surface area contributed by atoms with E-state index in [2.05, 4.69) is 45.1 Å². The Hall–Kier alpha value is -1.74. The van der Waals surface area contributed by atoms with E-state index in [-0.39, 0.29) is 11.2 Å². The van der Waals surface area contributed by atoms with Gasteiger partial charge in [0.05, 0.1) is 7.11 Å². The van der Waals surface area contributed by atoms with Gasteiger partial charge in [0.2, 0.25) is 0 Å². The Morgan fingerprint density at radius 2 is 1.80 bits per heavy atom. The highest BCUT2D eigenvalue weighted by atomic mass is 32.2. The SMILES string of the molecule is COC(=O)/C=C(/C)C(C/C=C(\C)CCC=C(C)C)Sc1ccccc1. The summed E-state index contributed by atoms with van der Waals surface area (Å²) < 4.78 is 4.78. The summed E-state index contributed by atoms with van der Waals surface area (Å²) in [5.41, 5.74) is 3.79. The molecule has 0 bridgehead atoms. The van der Waals surface area contributed by atoms with E-state index in [4.69, 9.17) is 4.74 Å². The van der Waals surface area contributed by atoms with Crippen molar-refractivity contribution in [3.8, 4) is 0 Å². The minimum atomic E-state index is -0.291. The van der Waals surface area contributed by atoms with Crippen molar-refractivity contribution in [2.75, 3.05) is 7.11 Å². The maximum Gasteiger partial charge on any atom is 0.330 e. The fourth-order valence-corrected chi connectivity index (χ4v) is 3.42. The largest absolute Gasteiger partial charge is 0.466 e. The third-order valence-electron chi connectivity index (χ3n) is 3.85. The normalized spacial score (nSPS) is 13.3. The molecule has 0 saturated heterocycles. The number of carbonyl (C=O) groups is 1. The number of thioether (sulfide) groups is 1. The van der Waals surface area contributed by atoms with Crippen LogP contribution in [-0.4, -0.2) is 18.3 Å². The zero-order valence-electron chi connectivity index (χ0n) is 16.0. The van der Waals surface area contributed by atoms with Crippen LogP contribution in [0.15, 0.2) is 70.2 Å². The van der Waals surface area contributed by atoms with Gasteiger partial charge in [0.25, 0.3) is 0 Å². The summed E-state index contributed by atoms with van der Waals surface area (Å²) >= 11 is 1.79. The number of ether oxygens (including phenoxy) is 1. The van der Waals surface area contributed by atoms with Crippen molar-refractivity contribution in [3.05, 3.63) is 65.3 Å². The Morgan fingerprint density at radius 1 is 1.12 bits per heavy atom. The molecule has 0 radical (unpaired) electrons. The molecular formula is C22H30O2S. The van der Waals surface area contributed by atoms with E-state index in [1.54, 1.807) is 17.8 Å². The summed E-state index contributed by atoms with van der Waals surface area (Å²) in [5.74, 6) is -0.291. The molecule has 1 aromatic carbocycles. The zero-order chi connectivity index (χ0) is 18.7. The van der Waals surface area contributed by atoms with Gasteiger partial charge in [0, 0.05) is 16.2 Å². The predicted octanol–water partition coefficient (Wildman–Crippen LogP) is 6.35. The molecule has 1 unspecified atom stereocenters. The van der Waals surface area contributed by atoms with Gasteiger partial charge in [0.1, 0.15) is 0 Å². The minimum Gasteiger partial charge on any atom is -0.466 e. The van der Waals surface area contributed by atoms with E-state index in [9.17, 15) is 4.79 Å². The molecule has 0 aromatic heterocycles. The van der Waals surface area contributed by atoms with Crippen LogP contribution >= 0.6 is 11.8 Å². The molecule has 0 amide bonds. The van der Waals surface area contributed by atoms with E-state index in [0.717, 1.165) is 24.8 Å². The number of esters is 1. The van der Waals surface area contributed by atoms with E-state index in [1.165, 1.54) is 23.2 Å². The van der Waals surface area contributed by atoms with E-state index >= 15 is 0 Å². The van der Waals surface area contributed by atoms with Gasteiger partial charge >= 0.3 is 5.97 Å². The quantitative estimate of drug-likeness (QED) is 0.223.